The molecule has 2 rings (SSSR count). The summed E-state index contributed by atoms with van der Waals surface area (Å²) in [6.45, 7) is 1.69. The van der Waals surface area contributed by atoms with Crippen molar-refractivity contribution >= 4 is 5.91 Å². The van der Waals surface area contributed by atoms with Crippen LogP contribution in [0.1, 0.15) is 29.0 Å². The highest BCUT2D eigenvalue weighted by Crippen LogP contribution is 2.21. The maximum Gasteiger partial charge on any atom is 0.270 e. The van der Waals surface area contributed by atoms with E-state index in [9.17, 15) is 18.4 Å². The second kappa shape index (κ2) is 5.87. The first-order valence-electron chi connectivity index (χ1n) is 6.31. The highest BCUT2D eigenvalue weighted by Gasteiger charge is 2.20. The van der Waals surface area contributed by atoms with Crippen molar-refractivity contribution in [2.24, 2.45) is 0 Å². The number of rotatable bonds is 3. The van der Waals surface area contributed by atoms with Crippen LogP contribution >= 0.6 is 0 Å². The Labute approximate surface area is 120 Å². The largest absolute Gasteiger partial charge is 0.334 e. The maximum atomic E-state index is 13.3. The molecule has 1 atom stereocenters. The molecule has 1 unspecified atom stereocenters. The average molecular weight is 292 g/mol. The minimum Gasteiger partial charge on any atom is -0.334 e. The van der Waals surface area contributed by atoms with Gasteiger partial charge in [-0.05, 0) is 30.7 Å². The quantitative estimate of drug-likeness (QED) is 0.945. The van der Waals surface area contributed by atoms with Crippen LogP contribution in [0, 0.1) is 11.6 Å². The van der Waals surface area contributed by atoms with Crippen LogP contribution in [0.3, 0.4) is 0 Å². The van der Waals surface area contributed by atoms with Crippen LogP contribution in [0.15, 0.2) is 41.2 Å². The highest BCUT2D eigenvalue weighted by atomic mass is 19.2. The van der Waals surface area contributed by atoms with Gasteiger partial charge in [-0.3, -0.25) is 9.59 Å². The number of aromatic nitrogens is 1. The molecule has 1 aromatic heterocycles. The molecule has 0 bridgehead atoms. The van der Waals surface area contributed by atoms with Crippen molar-refractivity contribution in [3.05, 3.63) is 69.6 Å². The molecule has 0 aliphatic rings. The Morgan fingerprint density at radius 2 is 1.90 bits per heavy atom. The normalized spacial score (nSPS) is 12.0. The molecule has 2 aromatic rings. The first kappa shape index (κ1) is 14.9. The molecule has 0 saturated heterocycles. The van der Waals surface area contributed by atoms with Crippen LogP contribution in [-0.4, -0.2) is 22.8 Å². The van der Waals surface area contributed by atoms with Crippen molar-refractivity contribution in [3.63, 3.8) is 0 Å². The number of carbonyl (C=O) groups is 1. The van der Waals surface area contributed by atoms with E-state index in [1.807, 2.05) is 0 Å². The molecule has 0 aliphatic heterocycles. The topological polar surface area (TPSA) is 53.2 Å². The van der Waals surface area contributed by atoms with Gasteiger partial charge in [0.2, 0.25) is 5.56 Å². The Hall–Kier alpha value is -2.50. The summed E-state index contributed by atoms with van der Waals surface area (Å²) < 4.78 is 26.2. The molecule has 0 fully saturated rings. The molecule has 0 radical (unpaired) electrons. The summed E-state index contributed by atoms with van der Waals surface area (Å²) in [5, 5.41) is 0. The Morgan fingerprint density at radius 1 is 1.19 bits per heavy atom. The molecule has 0 aliphatic carbocycles. The van der Waals surface area contributed by atoms with E-state index in [4.69, 9.17) is 0 Å². The van der Waals surface area contributed by atoms with E-state index in [0.717, 1.165) is 12.1 Å². The Balaban J connectivity index is 2.26. The first-order chi connectivity index (χ1) is 9.90. The summed E-state index contributed by atoms with van der Waals surface area (Å²) in [6.07, 6.45) is 0. The van der Waals surface area contributed by atoms with E-state index in [0.29, 0.717) is 5.56 Å². The van der Waals surface area contributed by atoms with Gasteiger partial charge >= 0.3 is 0 Å². The predicted molar refractivity (Wildman–Crippen MR) is 73.9 cm³/mol. The zero-order valence-electron chi connectivity index (χ0n) is 11.6. The number of benzene rings is 1. The first-order valence-corrected chi connectivity index (χ1v) is 6.31. The summed E-state index contributed by atoms with van der Waals surface area (Å²) in [4.78, 5) is 27.3. The van der Waals surface area contributed by atoms with E-state index in [-0.39, 0.29) is 11.3 Å². The van der Waals surface area contributed by atoms with Crippen molar-refractivity contribution in [3.8, 4) is 0 Å². The van der Waals surface area contributed by atoms with E-state index >= 15 is 0 Å². The smallest absolute Gasteiger partial charge is 0.270 e. The SMILES string of the molecule is CC(c1ccc(F)c(F)c1)N(C)C(=O)c1cccc(=O)[nH]1. The maximum absolute atomic E-state index is 13.3. The van der Waals surface area contributed by atoms with E-state index in [1.54, 1.807) is 6.92 Å². The molecule has 0 saturated carbocycles. The van der Waals surface area contributed by atoms with Gasteiger partial charge in [0.05, 0.1) is 6.04 Å². The molecule has 6 heteroatoms. The van der Waals surface area contributed by atoms with Crippen LogP contribution in [0.25, 0.3) is 0 Å². The molecule has 0 spiro atoms. The summed E-state index contributed by atoms with van der Waals surface area (Å²) >= 11 is 0. The molecule has 4 nitrogen and oxygen atoms in total. The Morgan fingerprint density at radius 3 is 2.52 bits per heavy atom. The number of aromatic amines is 1. The van der Waals surface area contributed by atoms with E-state index < -0.39 is 23.6 Å². The number of nitrogens with zero attached hydrogens (tertiary/aromatic N) is 1. The Bertz CT molecular complexity index is 728. The zero-order chi connectivity index (χ0) is 15.6. The van der Waals surface area contributed by atoms with Crippen molar-refractivity contribution in [2.75, 3.05) is 7.05 Å². The molecule has 1 heterocycles. The van der Waals surface area contributed by atoms with Gasteiger partial charge in [0.25, 0.3) is 5.91 Å². The third kappa shape index (κ3) is 3.16. The van der Waals surface area contributed by atoms with Crippen molar-refractivity contribution in [1.82, 2.24) is 9.88 Å². The lowest BCUT2D eigenvalue weighted by Crippen LogP contribution is -2.31. The fourth-order valence-corrected chi connectivity index (χ4v) is 1.93. The second-order valence-corrected chi connectivity index (χ2v) is 4.69. The standard InChI is InChI=1S/C15H14F2N2O2/c1-9(10-6-7-11(16)12(17)8-10)19(2)15(21)13-4-3-5-14(20)18-13/h3-9H,1-2H3,(H,18,20). The number of nitrogens with one attached hydrogen (secondary N) is 1. The summed E-state index contributed by atoms with van der Waals surface area (Å²) in [5.41, 5.74) is 0.220. The van der Waals surface area contributed by atoms with E-state index in [1.165, 1.54) is 36.2 Å². The third-order valence-electron chi connectivity index (χ3n) is 3.33. The van der Waals surface area contributed by atoms with Gasteiger partial charge < -0.3 is 9.88 Å². The van der Waals surface area contributed by atoms with Crippen molar-refractivity contribution in [2.45, 2.75) is 13.0 Å². The molecular formula is C15H14F2N2O2. The van der Waals surface area contributed by atoms with E-state index in [2.05, 4.69) is 4.98 Å². The van der Waals surface area contributed by atoms with Gasteiger partial charge in [-0.15, -0.1) is 0 Å². The van der Waals surface area contributed by atoms with Crippen LogP contribution in [0.2, 0.25) is 0 Å². The predicted octanol–water partition coefficient (Wildman–Crippen LogP) is 2.49. The number of H-pyrrole nitrogens is 1. The van der Waals surface area contributed by atoms with Crippen molar-refractivity contribution in [1.29, 1.82) is 0 Å². The zero-order valence-corrected chi connectivity index (χ0v) is 11.6. The minimum atomic E-state index is -0.965. The molecule has 1 N–H and O–H groups in total. The van der Waals surface area contributed by atoms with Crippen LogP contribution < -0.4 is 5.56 Å². The number of pyridine rings is 1. The number of hydrogen-bond acceptors (Lipinski definition) is 2. The van der Waals surface area contributed by atoms with Crippen LogP contribution in [0.5, 0.6) is 0 Å². The number of halogens is 2. The fraction of sp³-hybridized carbons (Fsp3) is 0.200. The van der Waals surface area contributed by atoms with Gasteiger partial charge in [0.1, 0.15) is 5.69 Å². The number of carbonyl (C=O) groups excluding carboxylic acids is 1. The molecule has 1 aromatic carbocycles. The fourth-order valence-electron chi connectivity index (χ4n) is 1.93. The summed E-state index contributed by atoms with van der Waals surface area (Å²) in [5.74, 6) is -2.31. The minimum absolute atomic E-state index is 0.138. The second-order valence-electron chi connectivity index (χ2n) is 4.69. The molecule has 110 valence electrons. The number of hydrogen-bond donors (Lipinski definition) is 1. The van der Waals surface area contributed by atoms with Gasteiger partial charge in [-0.1, -0.05) is 12.1 Å². The molecular weight excluding hydrogens is 278 g/mol. The lowest BCUT2D eigenvalue weighted by Gasteiger charge is -2.25. The third-order valence-corrected chi connectivity index (χ3v) is 3.33. The van der Waals surface area contributed by atoms with Gasteiger partial charge in [0, 0.05) is 13.1 Å². The van der Waals surface area contributed by atoms with Gasteiger partial charge in [-0.2, -0.15) is 0 Å². The summed E-state index contributed by atoms with van der Waals surface area (Å²) in [7, 11) is 1.53. The Kier molecular flexibility index (Phi) is 4.16. The van der Waals surface area contributed by atoms with Crippen LogP contribution in [0.4, 0.5) is 8.78 Å². The molecule has 1 amide bonds. The van der Waals surface area contributed by atoms with Crippen molar-refractivity contribution < 1.29 is 13.6 Å². The lowest BCUT2D eigenvalue weighted by molar-refractivity contribution is 0.0736. The molecule has 21 heavy (non-hydrogen) atoms. The summed E-state index contributed by atoms with van der Waals surface area (Å²) in [6, 6.07) is 7.27. The highest BCUT2D eigenvalue weighted by molar-refractivity contribution is 5.92. The van der Waals surface area contributed by atoms with Gasteiger partial charge in [-0.25, -0.2) is 8.78 Å². The lowest BCUT2D eigenvalue weighted by atomic mass is 10.1. The average Bonchev–Trinajstić information content (AvgIpc) is 2.47. The number of amides is 1. The monoisotopic (exact) mass is 292 g/mol. The van der Waals surface area contributed by atoms with Crippen LogP contribution in [-0.2, 0) is 0 Å². The van der Waals surface area contributed by atoms with Gasteiger partial charge in [0.15, 0.2) is 11.6 Å².